The number of aliphatic imine (C=N–C) groups is 1. The van der Waals surface area contributed by atoms with Crippen LogP contribution in [0.1, 0.15) is 16.3 Å². The highest BCUT2D eigenvalue weighted by Crippen LogP contribution is 2.09. The molecule has 1 aromatic heterocycles. The second kappa shape index (κ2) is 9.78. The zero-order chi connectivity index (χ0) is 15.1. The normalized spacial score (nSPS) is 11.0. The number of halogens is 1. The maximum absolute atomic E-state index is 4.49. The first-order valence-corrected chi connectivity index (χ1v) is 7.93. The largest absolute Gasteiger partial charge is 0.356 e. The summed E-state index contributed by atoms with van der Waals surface area (Å²) in [7, 11) is 3.85. The monoisotopic (exact) mass is 430 g/mol. The number of nitrogens with zero attached hydrogens (tertiary/aromatic N) is 3. The second-order valence-corrected chi connectivity index (χ2v) is 5.99. The summed E-state index contributed by atoms with van der Waals surface area (Å²) in [6, 6.07) is 10.5. The van der Waals surface area contributed by atoms with Gasteiger partial charge in [-0.15, -0.1) is 35.3 Å². The van der Waals surface area contributed by atoms with Crippen molar-refractivity contribution >= 4 is 41.3 Å². The third-order valence-electron chi connectivity index (χ3n) is 3.18. The van der Waals surface area contributed by atoms with Gasteiger partial charge in [0.2, 0.25) is 0 Å². The molecule has 0 saturated carbocycles. The van der Waals surface area contributed by atoms with Gasteiger partial charge >= 0.3 is 0 Å². The van der Waals surface area contributed by atoms with Crippen molar-refractivity contribution in [1.29, 1.82) is 0 Å². The van der Waals surface area contributed by atoms with Crippen molar-refractivity contribution in [2.75, 3.05) is 20.6 Å². The van der Waals surface area contributed by atoms with Crippen LogP contribution in [-0.4, -0.2) is 36.5 Å². The van der Waals surface area contributed by atoms with Crippen LogP contribution < -0.4 is 5.32 Å². The smallest absolute Gasteiger partial charge is 0.193 e. The molecule has 0 aliphatic carbocycles. The predicted octanol–water partition coefficient (Wildman–Crippen LogP) is 3.32. The number of aryl methyl sites for hydroxylation is 1. The lowest BCUT2D eigenvalue weighted by molar-refractivity contribution is 0.471. The van der Waals surface area contributed by atoms with Crippen molar-refractivity contribution in [3.05, 3.63) is 52.0 Å². The van der Waals surface area contributed by atoms with E-state index in [9.17, 15) is 0 Å². The van der Waals surface area contributed by atoms with Gasteiger partial charge in [0.15, 0.2) is 5.96 Å². The molecule has 1 N–H and O–H groups in total. The van der Waals surface area contributed by atoms with Crippen LogP contribution in [0.25, 0.3) is 0 Å². The van der Waals surface area contributed by atoms with Crippen molar-refractivity contribution in [2.45, 2.75) is 19.9 Å². The van der Waals surface area contributed by atoms with E-state index in [-0.39, 0.29) is 24.0 Å². The summed E-state index contributed by atoms with van der Waals surface area (Å²) < 4.78 is 0. The molecule has 0 spiro atoms. The first kappa shape index (κ1) is 18.9. The van der Waals surface area contributed by atoms with Crippen LogP contribution in [0.3, 0.4) is 0 Å². The van der Waals surface area contributed by atoms with Crippen LogP contribution in [0.4, 0.5) is 0 Å². The molecule has 120 valence electrons. The van der Waals surface area contributed by atoms with Gasteiger partial charge in [-0.1, -0.05) is 30.3 Å². The number of hydrogen-bond acceptors (Lipinski definition) is 3. The van der Waals surface area contributed by atoms with Crippen molar-refractivity contribution in [3.63, 3.8) is 0 Å². The zero-order valence-electron chi connectivity index (χ0n) is 13.2. The van der Waals surface area contributed by atoms with Crippen LogP contribution in [0.5, 0.6) is 0 Å². The van der Waals surface area contributed by atoms with E-state index in [0.29, 0.717) is 0 Å². The standard InChI is InChI=1S/C16H22N4S.HI/c1-13-19-15(12-21-13)11-20(3)16(17-2)18-10-9-14-7-5-4-6-8-14;/h4-8,12H,9-11H2,1-3H3,(H,17,18);1H. The van der Waals surface area contributed by atoms with Gasteiger partial charge < -0.3 is 10.2 Å². The van der Waals surface area contributed by atoms with Crippen molar-refractivity contribution in [1.82, 2.24) is 15.2 Å². The molecule has 0 aliphatic heterocycles. The Kier molecular flexibility index (Phi) is 8.40. The molecule has 22 heavy (non-hydrogen) atoms. The number of aromatic nitrogens is 1. The fourth-order valence-corrected chi connectivity index (χ4v) is 2.75. The molecule has 0 radical (unpaired) electrons. The van der Waals surface area contributed by atoms with Crippen LogP contribution in [0.2, 0.25) is 0 Å². The lowest BCUT2D eigenvalue weighted by atomic mass is 10.1. The first-order chi connectivity index (χ1) is 10.2. The summed E-state index contributed by atoms with van der Waals surface area (Å²) in [4.78, 5) is 10.9. The predicted molar refractivity (Wildman–Crippen MR) is 105 cm³/mol. The van der Waals surface area contributed by atoms with Gasteiger partial charge in [0.25, 0.3) is 0 Å². The van der Waals surface area contributed by atoms with E-state index < -0.39 is 0 Å². The average molecular weight is 430 g/mol. The summed E-state index contributed by atoms with van der Waals surface area (Å²) in [6.45, 7) is 3.67. The van der Waals surface area contributed by atoms with Gasteiger partial charge in [-0.2, -0.15) is 0 Å². The van der Waals surface area contributed by atoms with Gasteiger partial charge in [-0.3, -0.25) is 4.99 Å². The van der Waals surface area contributed by atoms with Gasteiger partial charge in [0.1, 0.15) is 0 Å². The first-order valence-electron chi connectivity index (χ1n) is 7.05. The molecule has 0 bridgehead atoms. The van der Waals surface area contributed by atoms with Crippen molar-refractivity contribution < 1.29 is 0 Å². The molecule has 0 fully saturated rings. The molecule has 0 saturated heterocycles. The number of guanidine groups is 1. The van der Waals surface area contributed by atoms with E-state index >= 15 is 0 Å². The minimum Gasteiger partial charge on any atom is -0.356 e. The van der Waals surface area contributed by atoms with E-state index in [1.54, 1.807) is 11.3 Å². The second-order valence-electron chi connectivity index (χ2n) is 4.92. The molecule has 4 nitrogen and oxygen atoms in total. The Morgan fingerprint density at radius 3 is 2.64 bits per heavy atom. The van der Waals surface area contributed by atoms with E-state index in [4.69, 9.17) is 0 Å². The third kappa shape index (κ3) is 5.92. The highest BCUT2D eigenvalue weighted by Gasteiger charge is 2.08. The molecule has 1 heterocycles. The molecule has 6 heteroatoms. The molecule has 2 rings (SSSR count). The Morgan fingerprint density at radius 2 is 2.05 bits per heavy atom. The van der Waals surface area contributed by atoms with Crippen molar-refractivity contribution in [2.24, 2.45) is 4.99 Å². The number of nitrogens with one attached hydrogen (secondary N) is 1. The Morgan fingerprint density at radius 1 is 1.32 bits per heavy atom. The van der Waals surface area contributed by atoms with Crippen molar-refractivity contribution in [3.8, 4) is 0 Å². The van der Waals surface area contributed by atoms with E-state index in [1.165, 1.54) is 5.56 Å². The lowest BCUT2D eigenvalue weighted by Crippen LogP contribution is -2.39. The fraction of sp³-hybridized carbons (Fsp3) is 0.375. The minimum absolute atomic E-state index is 0. The molecular formula is C16H23IN4S. The number of rotatable bonds is 5. The Labute approximate surface area is 153 Å². The maximum Gasteiger partial charge on any atom is 0.193 e. The average Bonchev–Trinajstić information content (AvgIpc) is 2.89. The molecule has 0 aliphatic rings. The van der Waals surface area contributed by atoms with Crippen LogP contribution in [0, 0.1) is 6.92 Å². The van der Waals surface area contributed by atoms with Gasteiger partial charge in [-0.25, -0.2) is 4.98 Å². The summed E-state index contributed by atoms with van der Waals surface area (Å²) in [5.74, 6) is 0.900. The van der Waals surface area contributed by atoms with Gasteiger partial charge in [0.05, 0.1) is 17.2 Å². The quantitative estimate of drug-likeness (QED) is 0.450. The van der Waals surface area contributed by atoms with Gasteiger partial charge in [0, 0.05) is 26.0 Å². The third-order valence-corrected chi connectivity index (χ3v) is 4.00. The highest BCUT2D eigenvalue weighted by molar-refractivity contribution is 14.0. The minimum atomic E-state index is 0. The summed E-state index contributed by atoms with van der Waals surface area (Å²) in [6.07, 6.45) is 0.990. The Hall–Kier alpha value is -1.15. The molecule has 0 atom stereocenters. The summed E-state index contributed by atoms with van der Waals surface area (Å²) in [5.41, 5.74) is 2.42. The number of thiazole rings is 1. The van der Waals surface area contributed by atoms with Crippen LogP contribution in [-0.2, 0) is 13.0 Å². The lowest BCUT2D eigenvalue weighted by Gasteiger charge is -2.21. The molecular weight excluding hydrogens is 407 g/mol. The maximum atomic E-state index is 4.49. The van der Waals surface area contributed by atoms with Crippen LogP contribution in [0.15, 0.2) is 40.7 Å². The SMILES string of the molecule is CN=C(NCCc1ccccc1)N(C)Cc1csc(C)n1.I. The summed E-state index contributed by atoms with van der Waals surface area (Å²) in [5, 5.41) is 6.60. The van der Waals surface area contributed by atoms with Crippen LogP contribution >= 0.6 is 35.3 Å². The molecule has 2 aromatic rings. The molecule has 0 unspecified atom stereocenters. The topological polar surface area (TPSA) is 40.5 Å². The van der Waals surface area contributed by atoms with E-state index in [1.807, 2.05) is 27.1 Å². The fourth-order valence-electron chi connectivity index (χ4n) is 2.15. The Bertz CT molecular complexity index is 583. The summed E-state index contributed by atoms with van der Waals surface area (Å²) >= 11 is 1.68. The Balaban J connectivity index is 0.00000242. The van der Waals surface area contributed by atoms with E-state index in [2.05, 4.69) is 49.8 Å². The van der Waals surface area contributed by atoms with Gasteiger partial charge in [-0.05, 0) is 18.9 Å². The molecule has 1 aromatic carbocycles. The molecule has 0 amide bonds. The number of benzene rings is 1. The number of hydrogen-bond donors (Lipinski definition) is 1. The zero-order valence-corrected chi connectivity index (χ0v) is 16.4. The van der Waals surface area contributed by atoms with E-state index in [0.717, 1.165) is 36.2 Å². The highest BCUT2D eigenvalue weighted by atomic mass is 127.